The third-order valence-electron chi connectivity index (χ3n) is 1.96. The Balaban J connectivity index is 2.39. The molecule has 6 nitrogen and oxygen atoms in total. The van der Waals surface area contributed by atoms with Crippen LogP contribution in [-0.2, 0) is 0 Å². The molecule has 1 aromatic carbocycles. The Kier molecular flexibility index (Phi) is 3.73. The summed E-state index contributed by atoms with van der Waals surface area (Å²) in [4.78, 5) is 10.3. The molecule has 0 aliphatic carbocycles. The monoisotopic (exact) mass is 329 g/mol. The molecule has 92 valence electrons. The summed E-state index contributed by atoms with van der Waals surface area (Å²) in [5.41, 5.74) is -0.166. The Morgan fingerprint density at radius 2 is 2.06 bits per heavy atom. The fraction of sp³-hybridized carbons (Fsp3) is 0. The highest BCUT2D eigenvalue weighted by Gasteiger charge is 2.19. The minimum Gasteiger partial charge on any atom is -0.429 e. The van der Waals surface area contributed by atoms with Crippen LogP contribution in [0.4, 0.5) is 5.69 Å². The zero-order valence-electron chi connectivity index (χ0n) is 8.71. The number of ether oxygens (including phenoxy) is 1. The molecule has 0 spiro atoms. The van der Waals surface area contributed by atoms with Crippen molar-refractivity contribution >= 4 is 33.2 Å². The molecule has 0 fully saturated rings. The fourth-order valence-electron chi connectivity index (χ4n) is 1.21. The van der Waals surface area contributed by atoms with Gasteiger partial charge in [0.1, 0.15) is 0 Å². The molecular weight excluding hydrogens is 325 g/mol. The maximum absolute atomic E-state index is 10.9. The predicted molar refractivity (Wildman–Crippen MR) is 67.9 cm³/mol. The molecule has 2 rings (SSSR count). The standard InChI is InChI=1S/C10H5BrClN3O3/c11-6-2-1-3-7(15(16)17)10(6)18-9-5-4-8(12)13-14-9/h1-5H. The second-order valence-electron chi connectivity index (χ2n) is 3.14. The van der Waals surface area contributed by atoms with Crippen molar-refractivity contribution in [3.63, 3.8) is 0 Å². The van der Waals surface area contributed by atoms with E-state index in [4.69, 9.17) is 16.3 Å². The zero-order chi connectivity index (χ0) is 13.1. The summed E-state index contributed by atoms with van der Waals surface area (Å²) in [7, 11) is 0. The summed E-state index contributed by atoms with van der Waals surface area (Å²) in [5.74, 6) is 0.188. The number of halogens is 2. The van der Waals surface area contributed by atoms with Crippen LogP contribution in [0.15, 0.2) is 34.8 Å². The lowest BCUT2D eigenvalue weighted by atomic mass is 10.3. The van der Waals surface area contributed by atoms with Crippen LogP contribution in [0, 0.1) is 10.1 Å². The number of para-hydroxylation sites is 1. The molecule has 18 heavy (non-hydrogen) atoms. The Labute approximate surface area is 115 Å². The fourth-order valence-corrected chi connectivity index (χ4v) is 1.74. The van der Waals surface area contributed by atoms with Crippen molar-refractivity contribution in [1.29, 1.82) is 0 Å². The van der Waals surface area contributed by atoms with Crippen LogP contribution in [-0.4, -0.2) is 15.1 Å². The highest BCUT2D eigenvalue weighted by atomic mass is 79.9. The Morgan fingerprint density at radius 3 is 2.67 bits per heavy atom. The minimum atomic E-state index is -0.538. The normalized spacial score (nSPS) is 10.1. The van der Waals surface area contributed by atoms with Gasteiger partial charge >= 0.3 is 5.69 Å². The third-order valence-corrected chi connectivity index (χ3v) is 2.78. The van der Waals surface area contributed by atoms with Crippen LogP contribution in [0.1, 0.15) is 0 Å². The molecule has 0 atom stereocenters. The van der Waals surface area contributed by atoms with Crippen LogP contribution in [0.5, 0.6) is 11.6 Å². The molecule has 0 radical (unpaired) electrons. The second-order valence-corrected chi connectivity index (χ2v) is 4.38. The van der Waals surface area contributed by atoms with E-state index in [0.29, 0.717) is 4.47 Å². The average molecular weight is 331 g/mol. The van der Waals surface area contributed by atoms with Crippen molar-refractivity contribution in [1.82, 2.24) is 10.2 Å². The molecule has 0 N–H and O–H groups in total. The maximum atomic E-state index is 10.9. The van der Waals surface area contributed by atoms with Gasteiger partial charge in [0, 0.05) is 12.1 Å². The highest BCUT2D eigenvalue weighted by molar-refractivity contribution is 9.10. The van der Waals surface area contributed by atoms with E-state index in [1.165, 1.54) is 18.2 Å². The molecule has 0 aliphatic rings. The molecule has 2 aromatic rings. The average Bonchev–Trinajstić information content (AvgIpc) is 2.34. The van der Waals surface area contributed by atoms with Gasteiger partial charge in [-0.1, -0.05) is 17.7 Å². The van der Waals surface area contributed by atoms with E-state index >= 15 is 0 Å². The molecular formula is C10H5BrClN3O3. The van der Waals surface area contributed by atoms with E-state index in [-0.39, 0.29) is 22.5 Å². The number of hydrogen-bond acceptors (Lipinski definition) is 5. The van der Waals surface area contributed by atoms with Gasteiger partial charge in [0.15, 0.2) is 5.15 Å². The van der Waals surface area contributed by atoms with Gasteiger partial charge in [-0.15, -0.1) is 10.2 Å². The maximum Gasteiger partial charge on any atom is 0.312 e. The Hall–Kier alpha value is -1.73. The van der Waals surface area contributed by atoms with Crippen molar-refractivity contribution in [2.75, 3.05) is 0 Å². The Bertz CT molecular complexity index is 591. The number of nitro benzene ring substituents is 1. The molecule has 8 heteroatoms. The largest absolute Gasteiger partial charge is 0.429 e. The number of benzene rings is 1. The lowest BCUT2D eigenvalue weighted by Gasteiger charge is -2.06. The summed E-state index contributed by atoms with van der Waals surface area (Å²) >= 11 is 8.76. The van der Waals surface area contributed by atoms with Crippen LogP contribution in [0.25, 0.3) is 0 Å². The molecule has 0 saturated carbocycles. The van der Waals surface area contributed by atoms with Gasteiger partial charge in [0.25, 0.3) is 0 Å². The first-order valence-corrected chi connectivity index (χ1v) is 5.85. The number of hydrogen-bond donors (Lipinski definition) is 0. The summed E-state index contributed by atoms with van der Waals surface area (Å²) in [5, 5.41) is 18.3. The molecule has 0 aliphatic heterocycles. The van der Waals surface area contributed by atoms with E-state index < -0.39 is 4.92 Å². The van der Waals surface area contributed by atoms with Crippen LogP contribution >= 0.6 is 27.5 Å². The minimum absolute atomic E-state index is 0.0686. The molecule has 0 unspecified atom stereocenters. The smallest absolute Gasteiger partial charge is 0.312 e. The Morgan fingerprint density at radius 1 is 1.28 bits per heavy atom. The predicted octanol–water partition coefficient (Wildman–Crippen LogP) is 3.59. The summed E-state index contributed by atoms with van der Waals surface area (Å²) in [6.07, 6.45) is 0. The lowest BCUT2D eigenvalue weighted by molar-refractivity contribution is -0.385. The van der Waals surface area contributed by atoms with E-state index in [9.17, 15) is 10.1 Å². The number of rotatable bonds is 3. The van der Waals surface area contributed by atoms with E-state index in [2.05, 4.69) is 26.1 Å². The lowest BCUT2D eigenvalue weighted by Crippen LogP contribution is -1.96. The van der Waals surface area contributed by atoms with Gasteiger partial charge in [-0.25, -0.2) is 0 Å². The summed E-state index contributed by atoms with van der Waals surface area (Å²) in [6.45, 7) is 0. The SMILES string of the molecule is O=[N+]([O-])c1cccc(Br)c1Oc1ccc(Cl)nn1. The number of nitrogens with zero attached hydrogens (tertiary/aromatic N) is 3. The van der Waals surface area contributed by atoms with Crippen LogP contribution in [0.2, 0.25) is 5.15 Å². The zero-order valence-corrected chi connectivity index (χ0v) is 11.1. The first-order valence-electron chi connectivity index (χ1n) is 4.68. The van der Waals surface area contributed by atoms with Gasteiger partial charge < -0.3 is 4.74 Å². The van der Waals surface area contributed by atoms with Crippen LogP contribution in [0.3, 0.4) is 0 Å². The third kappa shape index (κ3) is 2.74. The second kappa shape index (κ2) is 5.28. The van der Waals surface area contributed by atoms with E-state index in [1.807, 2.05) is 0 Å². The molecule has 1 aromatic heterocycles. The van der Waals surface area contributed by atoms with Crippen molar-refractivity contribution in [2.45, 2.75) is 0 Å². The first-order chi connectivity index (χ1) is 8.58. The molecule has 1 heterocycles. The van der Waals surface area contributed by atoms with Gasteiger partial charge in [-0.3, -0.25) is 10.1 Å². The van der Waals surface area contributed by atoms with Crippen molar-refractivity contribution in [3.05, 3.63) is 50.1 Å². The highest BCUT2D eigenvalue weighted by Crippen LogP contribution is 2.37. The van der Waals surface area contributed by atoms with Gasteiger partial charge in [-0.05, 0) is 28.1 Å². The first kappa shape index (κ1) is 12.7. The number of nitro groups is 1. The molecule has 0 saturated heterocycles. The molecule has 0 amide bonds. The van der Waals surface area contributed by atoms with E-state index in [0.717, 1.165) is 0 Å². The van der Waals surface area contributed by atoms with E-state index in [1.54, 1.807) is 12.1 Å². The van der Waals surface area contributed by atoms with Crippen molar-refractivity contribution < 1.29 is 9.66 Å². The van der Waals surface area contributed by atoms with Gasteiger partial charge in [0.2, 0.25) is 11.6 Å². The van der Waals surface area contributed by atoms with Crippen molar-refractivity contribution in [2.24, 2.45) is 0 Å². The van der Waals surface area contributed by atoms with Crippen LogP contribution < -0.4 is 4.74 Å². The summed E-state index contributed by atoms with van der Waals surface area (Å²) in [6, 6.07) is 7.46. The summed E-state index contributed by atoms with van der Waals surface area (Å²) < 4.78 is 5.79. The molecule has 0 bridgehead atoms. The number of aromatic nitrogens is 2. The quantitative estimate of drug-likeness (QED) is 0.635. The van der Waals surface area contributed by atoms with Gasteiger partial charge in [-0.2, -0.15) is 0 Å². The van der Waals surface area contributed by atoms with Crippen molar-refractivity contribution in [3.8, 4) is 11.6 Å². The van der Waals surface area contributed by atoms with Gasteiger partial charge in [0.05, 0.1) is 9.40 Å². The topological polar surface area (TPSA) is 78.2 Å².